The number of phosphoric ester groups is 1. The number of hydrogen-bond acceptors (Lipinski definition) is 6. The van der Waals surface area contributed by atoms with Gasteiger partial charge in [-0.1, -0.05) is 0 Å². The molecule has 1 aromatic carbocycles. The standard InChI is InChI=1S/C16H22FO6P/c1-4-20-16(18)12-11-15(13-7-9-14(17)10-8-13)23-24(19,21-5-2)22-6-3/h7-11H,4-6,12H2,1-3H3/b15-11-. The molecule has 0 bridgehead atoms. The zero-order valence-electron chi connectivity index (χ0n) is 14.0. The van der Waals surface area contributed by atoms with Crippen LogP contribution in [0.1, 0.15) is 32.8 Å². The van der Waals surface area contributed by atoms with Crippen molar-refractivity contribution in [3.05, 3.63) is 41.7 Å². The minimum atomic E-state index is -3.84. The van der Waals surface area contributed by atoms with Gasteiger partial charge in [-0.25, -0.2) is 8.96 Å². The van der Waals surface area contributed by atoms with E-state index in [4.69, 9.17) is 18.3 Å². The summed E-state index contributed by atoms with van der Waals surface area (Å²) in [5.41, 5.74) is 0.431. The fraction of sp³-hybridized carbons (Fsp3) is 0.438. The van der Waals surface area contributed by atoms with Crippen LogP contribution in [0.2, 0.25) is 0 Å². The fourth-order valence-corrected chi connectivity index (χ4v) is 2.98. The summed E-state index contributed by atoms with van der Waals surface area (Å²) < 4.78 is 46.1. The van der Waals surface area contributed by atoms with E-state index in [1.54, 1.807) is 20.8 Å². The molecule has 0 aliphatic rings. The lowest BCUT2D eigenvalue weighted by molar-refractivity contribution is -0.142. The molecule has 6 nitrogen and oxygen atoms in total. The highest BCUT2D eigenvalue weighted by Gasteiger charge is 2.29. The normalized spacial score (nSPS) is 12.1. The van der Waals surface area contributed by atoms with Gasteiger partial charge in [0, 0.05) is 5.56 Å². The summed E-state index contributed by atoms with van der Waals surface area (Å²) in [5, 5.41) is 0. The predicted molar refractivity (Wildman–Crippen MR) is 87.6 cm³/mol. The quantitative estimate of drug-likeness (QED) is 0.352. The van der Waals surface area contributed by atoms with Crippen LogP contribution in [0.4, 0.5) is 4.39 Å². The van der Waals surface area contributed by atoms with E-state index < -0.39 is 19.6 Å². The van der Waals surface area contributed by atoms with Gasteiger partial charge in [0.25, 0.3) is 0 Å². The number of rotatable bonds is 10. The molecule has 0 saturated heterocycles. The average molecular weight is 360 g/mol. The summed E-state index contributed by atoms with van der Waals surface area (Å²) in [6, 6.07) is 5.33. The third-order valence-electron chi connectivity index (χ3n) is 2.67. The van der Waals surface area contributed by atoms with Crippen molar-refractivity contribution in [1.29, 1.82) is 0 Å². The van der Waals surface area contributed by atoms with Crippen LogP contribution in [-0.4, -0.2) is 25.8 Å². The molecule has 1 rings (SSSR count). The molecule has 0 amide bonds. The molecule has 8 heteroatoms. The zero-order chi connectivity index (χ0) is 18.0. The highest BCUT2D eigenvalue weighted by Crippen LogP contribution is 2.52. The predicted octanol–water partition coefficient (Wildman–Crippen LogP) is 4.32. The number of phosphoric acid groups is 1. The first kappa shape index (κ1) is 20.4. The van der Waals surface area contributed by atoms with E-state index in [0.717, 1.165) is 0 Å². The Hall–Kier alpha value is -1.69. The van der Waals surface area contributed by atoms with Crippen molar-refractivity contribution in [2.45, 2.75) is 27.2 Å². The summed E-state index contributed by atoms with van der Waals surface area (Å²) in [4.78, 5) is 11.5. The molecule has 0 atom stereocenters. The summed E-state index contributed by atoms with van der Waals surface area (Å²) >= 11 is 0. The van der Waals surface area contributed by atoms with E-state index in [-0.39, 0.29) is 32.0 Å². The molecule has 0 saturated carbocycles. The third-order valence-corrected chi connectivity index (χ3v) is 4.24. The van der Waals surface area contributed by atoms with E-state index in [1.807, 2.05) is 0 Å². The molecule has 0 heterocycles. The number of esters is 1. The lowest BCUT2D eigenvalue weighted by Crippen LogP contribution is -2.04. The Morgan fingerprint density at radius 2 is 1.67 bits per heavy atom. The number of ether oxygens (including phenoxy) is 1. The first-order valence-electron chi connectivity index (χ1n) is 7.64. The third kappa shape index (κ3) is 6.83. The van der Waals surface area contributed by atoms with E-state index in [2.05, 4.69) is 0 Å². The van der Waals surface area contributed by atoms with E-state index >= 15 is 0 Å². The lowest BCUT2D eigenvalue weighted by Gasteiger charge is -2.19. The molecule has 0 unspecified atom stereocenters. The summed E-state index contributed by atoms with van der Waals surface area (Å²) in [5.74, 6) is -0.807. The molecular weight excluding hydrogens is 338 g/mol. The molecule has 0 fully saturated rings. The van der Waals surface area contributed by atoms with Gasteiger partial charge >= 0.3 is 13.8 Å². The second-order valence-corrected chi connectivity index (χ2v) is 6.05. The van der Waals surface area contributed by atoms with Crippen LogP contribution in [0.15, 0.2) is 30.3 Å². The maximum absolute atomic E-state index is 13.1. The van der Waals surface area contributed by atoms with E-state index in [1.165, 1.54) is 30.3 Å². The van der Waals surface area contributed by atoms with Gasteiger partial charge in [-0.3, -0.25) is 13.8 Å². The number of benzene rings is 1. The highest BCUT2D eigenvalue weighted by atomic mass is 31.2. The molecule has 0 N–H and O–H groups in total. The van der Waals surface area contributed by atoms with Gasteiger partial charge in [0.2, 0.25) is 0 Å². The molecule has 24 heavy (non-hydrogen) atoms. The Bertz CT molecular complexity index is 589. The molecule has 0 aliphatic carbocycles. The summed E-state index contributed by atoms with van der Waals surface area (Å²) in [6.07, 6.45) is 1.30. The van der Waals surface area contributed by atoms with Crippen LogP contribution < -0.4 is 0 Å². The van der Waals surface area contributed by atoms with Gasteiger partial charge in [-0.15, -0.1) is 0 Å². The topological polar surface area (TPSA) is 71.1 Å². The second kappa shape index (κ2) is 10.2. The maximum atomic E-state index is 13.1. The summed E-state index contributed by atoms with van der Waals surface area (Å²) in [6.45, 7) is 5.47. The van der Waals surface area contributed by atoms with Crippen LogP contribution in [-0.2, 0) is 27.7 Å². The van der Waals surface area contributed by atoms with Gasteiger partial charge < -0.3 is 9.26 Å². The monoisotopic (exact) mass is 360 g/mol. The van der Waals surface area contributed by atoms with Crippen LogP contribution in [0.25, 0.3) is 5.76 Å². The van der Waals surface area contributed by atoms with Crippen LogP contribution in [0, 0.1) is 5.82 Å². The fourth-order valence-electron chi connectivity index (χ4n) is 1.74. The molecule has 134 valence electrons. The largest absolute Gasteiger partial charge is 0.530 e. The van der Waals surface area contributed by atoms with E-state index in [0.29, 0.717) is 5.56 Å². The maximum Gasteiger partial charge on any atom is 0.530 e. The Morgan fingerprint density at radius 3 is 2.17 bits per heavy atom. The lowest BCUT2D eigenvalue weighted by atomic mass is 10.1. The van der Waals surface area contributed by atoms with Crippen molar-refractivity contribution < 1.29 is 32.1 Å². The number of hydrogen-bond donors (Lipinski definition) is 0. The van der Waals surface area contributed by atoms with Crippen LogP contribution >= 0.6 is 7.82 Å². The van der Waals surface area contributed by atoms with Gasteiger partial charge in [0.05, 0.1) is 26.2 Å². The van der Waals surface area contributed by atoms with Gasteiger partial charge in [0.1, 0.15) is 11.6 Å². The molecular formula is C16H22FO6P. The molecule has 0 aromatic heterocycles. The zero-order valence-corrected chi connectivity index (χ0v) is 14.9. The molecule has 0 aliphatic heterocycles. The Kier molecular flexibility index (Phi) is 8.68. The molecule has 0 radical (unpaired) electrons. The van der Waals surface area contributed by atoms with Crippen molar-refractivity contribution in [3.8, 4) is 0 Å². The second-order valence-electron chi connectivity index (χ2n) is 4.46. The number of halogens is 1. The smallest absolute Gasteiger partial charge is 0.466 e. The van der Waals surface area contributed by atoms with E-state index in [9.17, 15) is 13.8 Å². The van der Waals surface area contributed by atoms with Crippen molar-refractivity contribution >= 4 is 19.6 Å². The van der Waals surface area contributed by atoms with Crippen molar-refractivity contribution in [2.24, 2.45) is 0 Å². The first-order chi connectivity index (χ1) is 11.4. The highest BCUT2D eigenvalue weighted by molar-refractivity contribution is 7.48. The van der Waals surface area contributed by atoms with Crippen molar-refractivity contribution in [2.75, 3.05) is 19.8 Å². The Labute approximate surface area is 141 Å². The summed E-state index contributed by atoms with van der Waals surface area (Å²) in [7, 11) is -3.84. The SMILES string of the molecule is CCOC(=O)C/C=C(\OP(=O)(OCC)OCC)c1ccc(F)cc1. The minimum Gasteiger partial charge on any atom is -0.466 e. The Balaban J connectivity index is 3.07. The van der Waals surface area contributed by atoms with Gasteiger partial charge in [-0.2, -0.15) is 0 Å². The van der Waals surface area contributed by atoms with Gasteiger partial charge in [-0.05, 0) is 51.1 Å². The first-order valence-corrected chi connectivity index (χ1v) is 9.10. The number of carbonyl (C=O) groups excluding carboxylic acids is 1. The minimum absolute atomic E-state index is 0.0910. The van der Waals surface area contributed by atoms with Gasteiger partial charge in [0.15, 0.2) is 0 Å². The average Bonchev–Trinajstić information content (AvgIpc) is 2.53. The van der Waals surface area contributed by atoms with Crippen molar-refractivity contribution in [3.63, 3.8) is 0 Å². The number of carbonyl (C=O) groups is 1. The van der Waals surface area contributed by atoms with Crippen molar-refractivity contribution in [1.82, 2.24) is 0 Å². The molecule has 0 spiro atoms. The van der Waals surface area contributed by atoms with Crippen LogP contribution in [0.5, 0.6) is 0 Å². The van der Waals surface area contributed by atoms with Crippen LogP contribution in [0.3, 0.4) is 0 Å². The molecule has 1 aromatic rings. The Morgan fingerprint density at radius 1 is 1.08 bits per heavy atom.